The van der Waals surface area contributed by atoms with Crippen molar-refractivity contribution in [2.75, 3.05) is 0 Å². The third kappa shape index (κ3) is 2.93. The van der Waals surface area contributed by atoms with Gasteiger partial charge in [0.2, 0.25) is 0 Å². The fourth-order valence-electron chi connectivity index (χ4n) is 2.41. The van der Waals surface area contributed by atoms with Crippen LogP contribution in [0.5, 0.6) is 0 Å². The Labute approximate surface area is 86.1 Å². The van der Waals surface area contributed by atoms with E-state index in [-0.39, 0.29) is 11.7 Å². The smallest absolute Gasteiger partial charge is 0.136 e. The Morgan fingerprint density at radius 1 is 1.50 bits per heavy atom. The van der Waals surface area contributed by atoms with Crippen LogP contribution in [0.1, 0.15) is 52.4 Å². The van der Waals surface area contributed by atoms with Gasteiger partial charge in [-0.1, -0.05) is 19.8 Å². The first-order chi connectivity index (χ1) is 6.65. The highest BCUT2D eigenvalue weighted by Gasteiger charge is 2.34. The van der Waals surface area contributed by atoms with Gasteiger partial charge in [0.15, 0.2) is 0 Å². The molecule has 0 amide bonds. The van der Waals surface area contributed by atoms with Gasteiger partial charge in [-0.15, -0.1) is 0 Å². The lowest BCUT2D eigenvalue weighted by Crippen LogP contribution is -2.16. The summed E-state index contributed by atoms with van der Waals surface area (Å²) in [7, 11) is 0. The third-order valence-electron chi connectivity index (χ3n) is 3.16. The van der Waals surface area contributed by atoms with Gasteiger partial charge in [0.1, 0.15) is 11.6 Å². The fourth-order valence-corrected chi connectivity index (χ4v) is 2.41. The lowest BCUT2D eigenvalue weighted by molar-refractivity contribution is -0.122. The highest BCUT2D eigenvalue weighted by molar-refractivity contribution is 5.85. The summed E-state index contributed by atoms with van der Waals surface area (Å²) in [6, 6.07) is 0. The molecular formula is C12H20O2. The number of hydrogen-bond donors (Lipinski definition) is 0. The predicted molar refractivity (Wildman–Crippen MR) is 56.0 cm³/mol. The molecule has 1 rings (SSSR count). The van der Waals surface area contributed by atoms with E-state index in [0.717, 1.165) is 25.7 Å². The van der Waals surface area contributed by atoms with E-state index in [1.54, 1.807) is 6.92 Å². The van der Waals surface area contributed by atoms with Gasteiger partial charge >= 0.3 is 0 Å². The van der Waals surface area contributed by atoms with E-state index in [1.165, 1.54) is 0 Å². The third-order valence-corrected chi connectivity index (χ3v) is 3.16. The molecule has 2 nitrogen and oxygen atoms in total. The van der Waals surface area contributed by atoms with E-state index < -0.39 is 0 Å². The molecule has 0 N–H and O–H groups in total. The minimum atomic E-state index is 0.193. The van der Waals surface area contributed by atoms with Crippen LogP contribution >= 0.6 is 0 Å². The van der Waals surface area contributed by atoms with Crippen molar-refractivity contribution < 1.29 is 9.59 Å². The van der Waals surface area contributed by atoms with Crippen LogP contribution in [0.25, 0.3) is 0 Å². The van der Waals surface area contributed by atoms with Gasteiger partial charge in [0.25, 0.3) is 0 Å². The minimum Gasteiger partial charge on any atom is -0.300 e. The highest BCUT2D eigenvalue weighted by atomic mass is 16.1. The summed E-state index contributed by atoms with van der Waals surface area (Å²) in [5, 5.41) is 0. The number of carbonyl (C=O) groups excluding carboxylic acids is 2. The topological polar surface area (TPSA) is 34.1 Å². The van der Waals surface area contributed by atoms with Gasteiger partial charge in [-0.2, -0.15) is 0 Å². The van der Waals surface area contributed by atoms with Crippen LogP contribution in [0.15, 0.2) is 0 Å². The number of rotatable bonds is 5. The molecule has 0 bridgehead atoms. The van der Waals surface area contributed by atoms with E-state index in [2.05, 4.69) is 6.92 Å². The molecule has 0 saturated heterocycles. The summed E-state index contributed by atoms with van der Waals surface area (Å²) < 4.78 is 0. The van der Waals surface area contributed by atoms with Crippen molar-refractivity contribution in [2.45, 2.75) is 52.4 Å². The molecule has 1 fully saturated rings. The Bertz CT molecular complexity index is 220. The summed E-state index contributed by atoms with van der Waals surface area (Å²) in [5.41, 5.74) is 0. The zero-order valence-electron chi connectivity index (χ0n) is 9.21. The molecule has 0 spiro atoms. The normalized spacial score (nSPS) is 26.9. The molecule has 0 aromatic carbocycles. The van der Waals surface area contributed by atoms with Crippen molar-refractivity contribution in [2.24, 2.45) is 11.8 Å². The first-order valence-corrected chi connectivity index (χ1v) is 5.67. The summed E-state index contributed by atoms with van der Waals surface area (Å²) in [6.45, 7) is 3.76. The molecule has 0 aliphatic heterocycles. The van der Waals surface area contributed by atoms with Crippen molar-refractivity contribution >= 4 is 11.6 Å². The first kappa shape index (κ1) is 11.4. The Morgan fingerprint density at radius 3 is 2.79 bits per heavy atom. The van der Waals surface area contributed by atoms with Gasteiger partial charge in [0.05, 0.1) is 0 Å². The summed E-state index contributed by atoms with van der Waals surface area (Å²) >= 11 is 0. The van der Waals surface area contributed by atoms with Crippen LogP contribution in [0.2, 0.25) is 0 Å². The number of unbranched alkanes of at least 4 members (excludes halogenated alkanes) is 1. The summed E-state index contributed by atoms with van der Waals surface area (Å²) in [6.07, 6.45) is 5.49. The number of ketones is 2. The van der Waals surface area contributed by atoms with E-state index in [4.69, 9.17) is 0 Å². The Balaban J connectivity index is 2.48. The monoisotopic (exact) mass is 196 g/mol. The second-order valence-electron chi connectivity index (χ2n) is 4.42. The fraction of sp³-hybridized carbons (Fsp3) is 0.833. The quantitative estimate of drug-likeness (QED) is 0.677. The summed E-state index contributed by atoms with van der Waals surface area (Å²) in [5.74, 6) is 1.17. The van der Waals surface area contributed by atoms with Gasteiger partial charge in [-0.05, 0) is 25.7 Å². The number of carbonyl (C=O) groups is 2. The van der Waals surface area contributed by atoms with Crippen LogP contribution in [-0.2, 0) is 9.59 Å². The predicted octanol–water partition coefficient (Wildman–Crippen LogP) is 2.75. The standard InChI is InChI=1S/C12H20O2/c1-3-4-5-11-10(8-9(2)13)6-7-12(11)14/h10-11H,3-8H2,1-2H3. The molecule has 2 unspecified atom stereocenters. The molecule has 1 aliphatic rings. The van der Waals surface area contributed by atoms with E-state index in [0.29, 0.717) is 24.5 Å². The van der Waals surface area contributed by atoms with E-state index >= 15 is 0 Å². The minimum absolute atomic E-state index is 0.193. The van der Waals surface area contributed by atoms with Gasteiger partial charge < -0.3 is 4.79 Å². The van der Waals surface area contributed by atoms with E-state index in [9.17, 15) is 9.59 Å². The van der Waals surface area contributed by atoms with Gasteiger partial charge in [-0.3, -0.25) is 4.79 Å². The largest absolute Gasteiger partial charge is 0.300 e. The molecule has 0 radical (unpaired) electrons. The number of Topliss-reactive ketones (excluding diaryl/α,β-unsaturated/α-hetero) is 2. The highest BCUT2D eigenvalue weighted by Crippen LogP contribution is 2.34. The van der Waals surface area contributed by atoms with Crippen molar-refractivity contribution in [1.29, 1.82) is 0 Å². The molecule has 0 aromatic rings. The van der Waals surface area contributed by atoms with Crippen LogP contribution in [0.3, 0.4) is 0 Å². The van der Waals surface area contributed by atoms with Gasteiger partial charge in [0, 0.05) is 18.8 Å². The maximum atomic E-state index is 11.6. The Hall–Kier alpha value is -0.660. The first-order valence-electron chi connectivity index (χ1n) is 5.67. The van der Waals surface area contributed by atoms with Crippen LogP contribution < -0.4 is 0 Å². The molecule has 1 aliphatic carbocycles. The second kappa shape index (κ2) is 5.28. The van der Waals surface area contributed by atoms with Crippen LogP contribution in [0.4, 0.5) is 0 Å². The van der Waals surface area contributed by atoms with Crippen molar-refractivity contribution in [3.05, 3.63) is 0 Å². The molecule has 80 valence electrons. The zero-order valence-corrected chi connectivity index (χ0v) is 9.21. The van der Waals surface area contributed by atoms with Gasteiger partial charge in [-0.25, -0.2) is 0 Å². The molecule has 14 heavy (non-hydrogen) atoms. The maximum Gasteiger partial charge on any atom is 0.136 e. The molecular weight excluding hydrogens is 176 g/mol. The SMILES string of the molecule is CCCCC1C(=O)CCC1CC(C)=O. The van der Waals surface area contributed by atoms with Crippen molar-refractivity contribution in [3.8, 4) is 0 Å². The molecule has 0 heterocycles. The molecule has 1 saturated carbocycles. The Morgan fingerprint density at radius 2 is 2.21 bits per heavy atom. The summed E-state index contributed by atoms with van der Waals surface area (Å²) in [4.78, 5) is 22.6. The zero-order chi connectivity index (χ0) is 10.6. The van der Waals surface area contributed by atoms with Crippen LogP contribution in [0, 0.1) is 11.8 Å². The van der Waals surface area contributed by atoms with Crippen molar-refractivity contribution in [3.63, 3.8) is 0 Å². The number of hydrogen-bond acceptors (Lipinski definition) is 2. The Kier molecular flexibility index (Phi) is 4.30. The molecule has 0 aromatic heterocycles. The van der Waals surface area contributed by atoms with E-state index in [1.807, 2.05) is 0 Å². The average Bonchev–Trinajstić information content (AvgIpc) is 2.44. The lowest BCUT2D eigenvalue weighted by Gasteiger charge is -2.16. The van der Waals surface area contributed by atoms with Crippen molar-refractivity contribution in [1.82, 2.24) is 0 Å². The maximum absolute atomic E-state index is 11.6. The average molecular weight is 196 g/mol. The second-order valence-corrected chi connectivity index (χ2v) is 4.42. The molecule has 2 atom stereocenters. The lowest BCUT2D eigenvalue weighted by atomic mass is 9.87. The van der Waals surface area contributed by atoms with Crippen LogP contribution in [-0.4, -0.2) is 11.6 Å². The molecule has 2 heteroatoms.